The summed E-state index contributed by atoms with van der Waals surface area (Å²) in [4.78, 5) is 23.9. The lowest BCUT2D eigenvalue weighted by atomic mass is 9.94. The Bertz CT molecular complexity index is 807. The van der Waals surface area contributed by atoms with Crippen molar-refractivity contribution in [2.75, 3.05) is 6.61 Å². The lowest BCUT2D eigenvalue weighted by Gasteiger charge is -2.13. The molecule has 0 unspecified atom stereocenters. The van der Waals surface area contributed by atoms with Crippen LogP contribution in [-0.2, 0) is 16.0 Å². The molecule has 0 heterocycles. The highest BCUT2D eigenvalue weighted by molar-refractivity contribution is 9.10. The van der Waals surface area contributed by atoms with Crippen LogP contribution in [0.3, 0.4) is 0 Å². The third kappa shape index (κ3) is 4.94. The van der Waals surface area contributed by atoms with Gasteiger partial charge in [-0.1, -0.05) is 18.2 Å². The first-order valence-electron chi connectivity index (χ1n) is 8.58. The van der Waals surface area contributed by atoms with Crippen LogP contribution < -0.4 is 0 Å². The summed E-state index contributed by atoms with van der Waals surface area (Å²) in [6.45, 7) is 6.13. The maximum absolute atomic E-state index is 12.5. The fraction of sp³-hybridized carbons (Fsp3) is 0.333. The third-order valence-corrected chi connectivity index (χ3v) is 4.91. The quantitative estimate of drug-likeness (QED) is 0.513. The molecule has 0 aliphatic rings. The van der Waals surface area contributed by atoms with Crippen molar-refractivity contribution in [3.05, 3.63) is 62.6 Å². The van der Waals surface area contributed by atoms with Gasteiger partial charge in [0.05, 0.1) is 23.1 Å². The lowest BCUT2D eigenvalue weighted by Crippen LogP contribution is -2.08. The second-order valence-corrected chi connectivity index (χ2v) is 7.10. The molecule has 0 bridgehead atoms. The molecule has 0 aliphatic carbocycles. The van der Waals surface area contributed by atoms with Crippen LogP contribution in [0.15, 0.2) is 34.8 Å². The number of ether oxygens (including phenoxy) is 1. The van der Waals surface area contributed by atoms with E-state index in [4.69, 9.17) is 4.74 Å². The molecule has 5 heteroatoms. The molecule has 0 saturated heterocycles. The summed E-state index contributed by atoms with van der Waals surface area (Å²) < 4.78 is 5.32. The average Bonchev–Trinajstić information content (AvgIpc) is 2.59. The summed E-state index contributed by atoms with van der Waals surface area (Å²) in [5.41, 5.74) is 4.72. The van der Waals surface area contributed by atoms with Gasteiger partial charge >= 0.3 is 5.97 Å². The van der Waals surface area contributed by atoms with Crippen molar-refractivity contribution in [3.8, 4) is 5.75 Å². The Labute approximate surface area is 162 Å². The second kappa shape index (κ2) is 8.99. The Morgan fingerprint density at radius 1 is 1.12 bits per heavy atom. The van der Waals surface area contributed by atoms with Crippen molar-refractivity contribution in [2.24, 2.45) is 0 Å². The summed E-state index contributed by atoms with van der Waals surface area (Å²) in [7, 11) is 0. The minimum Gasteiger partial charge on any atom is -0.506 e. The number of Topliss-reactive ketones (excluding diaryl/α,β-unsaturated/α-hetero) is 1. The maximum atomic E-state index is 12.5. The van der Waals surface area contributed by atoms with Crippen molar-refractivity contribution in [3.63, 3.8) is 0 Å². The maximum Gasteiger partial charge on any atom is 0.306 e. The third-order valence-electron chi connectivity index (χ3n) is 4.31. The molecule has 0 radical (unpaired) electrons. The first kappa shape index (κ1) is 20.2. The molecule has 1 N–H and O–H groups in total. The summed E-state index contributed by atoms with van der Waals surface area (Å²) in [5.74, 6) is -0.783. The van der Waals surface area contributed by atoms with E-state index < -0.39 is 5.97 Å². The highest BCUT2D eigenvalue weighted by Crippen LogP contribution is 2.32. The number of halogens is 1. The lowest BCUT2D eigenvalue weighted by molar-refractivity contribution is -0.143. The standard InChI is InChI=1S/C21H23BrO4/c1-4-26-20(24)9-8-19(23)17-11-15(12-18(22)21(17)25)10-16-13(2)6-5-7-14(16)3/h5-7,11-12,25H,4,8-10H2,1-3H3. The monoisotopic (exact) mass is 418 g/mol. The van der Waals surface area contributed by atoms with Gasteiger partial charge < -0.3 is 9.84 Å². The molecule has 0 spiro atoms. The van der Waals surface area contributed by atoms with Crippen LogP contribution in [0.25, 0.3) is 0 Å². The van der Waals surface area contributed by atoms with Crippen LogP contribution in [0.4, 0.5) is 0 Å². The highest BCUT2D eigenvalue weighted by atomic mass is 79.9. The highest BCUT2D eigenvalue weighted by Gasteiger charge is 2.17. The van der Waals surface area contributed by atoms with Gasteiger partial charge in [-0.2, -0.15) is 0 Å². The Morgan fingerprint density at radius 2 is 1.77 bits per heavy atom. The summed E-state index contributed by atoms with van der Waals surface area (Å²) in [6.07, 6.45) is 0.673. The predicted octanol–water partition coefficient (Wildman–Crippen LogP) is 4.89. The molecule has 0 aliphatic heterocycles. The fourth-order valence-electron chi connectivity index (χ4n) is 2.89. The van der Waals surface area contributed by atoms with E-state index in [-0.39, 0.29) is 36.5 Å². The molecule has 138 valence electrons. The predicted molar refractivity (Wildman–Crippen MR) is 105 cm³/mol. The van der Waals surface area contributed by atoms with Gasteiger partial charge in [0.25, 0.3) is 0 Å². The van der Waals surface area contributed by atoms with Crippen LogP contribution in [-0.4, -0.2) is 23.5 Å². The van der Waals surface area contributed by atoms with Crippen LogP contribution in [0.2, 0.25) is 0 Å². The van der Waals surface area contributed by atoms with E-state index in [0.29, 0.717) is 10.9 Å². The normalized spacial score (nSPS) is 10.6. The molecule has 2 aromatic carbocycles. The number of rotatable bonds is 7. The zero-order valence-electron chi connectivity index (χ0n) is 15.3. The molecular formula is C21H23BrO4. The van der Waals surface area contributed by atoms with Crippen LogP contribution in [0.5, 0.6) is 5.75 Å². The number of ketones is 1. The SMILES string of the molecule is CCOC(=O)CCC(=O)c1cc(Cc2c(C)cccc2C)cc(Br)c1O. The van der Waals surface area contributed by atoms with E-state index in [2.05, 4.69) is 41.9 Å². The number of phenols is 1. The number of phenolic OH excluding ortho intramolecular Hbond substituents is 1. The Kier molecular flexibility index (Phi) is 6.98. The summed E-state index contributed by atoms with van der Waals surface area (Å²) in [6, 6.07) is 9.67. The van der Waals surface area contributed by atoms with Gasteiger partial charge in [-0.05, 0) is 77.5 Å². The smallest absolute Gasteiger partial charge is 0.306 e. The van der Waals surface area contributed by atoms with Crippen molar-refractivity contribution in [1.82, 2.24) is 0 Å². The Balaban J connectivity index is 2.26. The van der Waals surface area contributed by atoms with E-state index >= 15 is 0 Å². The van der Waals surface area contributed by atoms with Gasteiger partial charge in [-0.25, -0.2) is 0 Å². The molecule has 26 heavy (non-hydrogen) atoms. The molecule has 0 aromatic heterocycles. The number of hydrogen-bond donors (Lipinski definition) is 1. The zero-order valence-corrected chi connectivity index (χ0v) is 16.9. The number of carbonyl (C=O) groups excluding carboxylic acids is 2. The van der Waals surface area contributed by atoms with E-state index in [1.54, 1.807) is 13.0 Å². The first-order valence-corrected chi connectivity index (χ1v) is 9.38. The summed E-state index contributed by atoms with van der Waals surface area (Å²) >= 11 is 3.33. The van der Waals surface area contributed by atoms with Crippen molar-refractivity contribution < 1.29 is 19.4 Å². The average molecular weight is 419 g/mol. The Hall–Kier alpha value is -2.14. The molecule has 4 nitrogen and oxygen atoms in total. The van der Waals surface area contributed by atoms with Gasteiger partial charge in [0.15, 0.2) is 5.78 Å². The number of hydrogen-bond acceptors (Lipinski definition) is 4. The van der Waals surface area contributed by atoms with Gasteiger partial charge in [0.1, 0.15) is 5.75 Å². The number of benzene rings is 2. The van der Waals surface area contributed by atoms with Crippen LogP contribution >= 0.6 is 15.9 Å². The number of esters is 1. The zero-order chi connectivity index (χ0) is 19.3. The van der Waals surface area contributed by atoms with Gasteiger partial charge in [0.2, 0.25) is 0 Å². The van der Waals surface area contributed by atoms with Crippen molar-refractivity contribution in [1.29, 1.82) is 0 Å². The molecule has 0 amide bonds. The van der Waals surface area contributed by atoms with Gasteiger partial charge in [0, 0.05) is 6.42 Å². The van der Waals surface area contributed by atoms with Crippen molar-refractivity contribution in [2.45, 2.75) is 40.0 Å². The minimum atomic E-state index is -0.411. The van der Waals surface area contributed by atoms with Crippen LogP contribution in [0.1, 0.15) is 52.4 Å². The molecular weight excluding hydrogens is 396 g/mol. The minimum absolute atomic E-state index is 0.00482. The van der Waals surface area contributed by atoms with Crippen molar-refractivity contribution >= 4 is 27.7 Å². The largest absolute Gasteiger partial charge is 0.506 e. The summed E-state index contributed by atoms with van der Waals surface area (Å²) in [5, 5.41) is 10.3. The molecule has 0 atom stereocenters. The van der Waals surface area contributed by atoms with E-state index in [9.17, 15) is 14.7 Å². The second-order valence-electron chi connectivity index (χ2n) is 6.25. The molecule has 2 aromatic rings. The fourth-order valence-corrected chi connectivity index (χ4v) is 3.39. The van der Waals surface area contributed by atoms with E-state index in [1.165, 1.54) is 16.7 Å². The number of carbonyl (C=O) groups is 2. The van der Waals surface area contributed by atoms with Gasteiger partial charge in [-0.3, -0.25) is 9.59 Å². The Morgan fingerprint density at radius 3 is 2.38 bits per heavy atom. The van der Waals surface area contributed by atoms with E-state index in [1.807, 2.05) is 12.1 Å². The molecule has 0 saturated carbocycles. The molecule has 0 fully saturated rings. The van der Waals surface area contributed by atoms with Gasteiger partial charge in [-0.15, -0.1) is 0 Å². The number of aryl methyl sites for hydroxylation is 2. The first-order chi connectivity index (χ1) is 12.3. The van der Waals surface area contributed by atoms with Crippen LogP contribution in [0, 0.1) is 13.8 Å². The molecule has 2 rings (SSSR count). The van der Waals surface area contributed by atoms with E-state index in [0.717, 1.165) is 5.56 Å². The number of aromatic hydroxyl groups is 1. The topological polar surface area (TPSA) is 63.6 Å².